The number of aliphatic hydroxyl groups is 1. The molecule has 6 heteroatoms. The first-order valence-electron chi connectivity index (χ1n) is 11.1. The highest BCUT2D eigenvalue weighted by atomic mass is 16.5. The predicted octanol–water partition coefficient (Wildman–Crippen LogP) is 5.09. The zero-order chi connectivity index (χ0) is 23.3. The topological polar surface area (TPSA) is 76.1 Å². The molecular weight excluding hydrogens is 406 g/mol. The van der Waals surface area contributed by atoms with Gasteiger partial charge in [-0.1, -0.05) is 31.9 Å². The first kappa shape index (κ1) is 23.4. The van der Waals surface area contributed by atoms with Gasteiger partial charge in [-0.2, -0.15) is 0 Å². The highest BCUT2D eigenvalue weighted by Crippen LogP contribution is 2.40. The van der Waals surface area contributed by atoms with Crippen molar-refractivity contribution >= 4 is 17.4 Å². The monoisotopic (exact) mass is 437 g/mol. The zero-order valence-corrected chi connectivity index (χ0v) is 19.1. The molecule has 1 unspecified atom stereocenters. The van der Waals surface area contributed by atoms with Crippen LogP contribution >= 0.6 is 0 Å². The molecule has 1 atom stereocenters. The average molecular weight is 438 g/mol. The van der Waals surface area contributed by atoms with E-state index in [1.54, 1.807) is 48.4 Å². The van der Waals surface area contributed by atoms with Crippen LogP contribution < -0.4 is 9.47 Å². The molecule has 170 valence electrons. The van der Waals surface area contributed by atoms with Gasteiger partial charge >= 0.3 is 0 Å². The van der Waals surface area contributed by atoms with Gasteiger partial charge in [0.15, 0.2) is 0 Å². The maximum Gasteiger partial charge on any atom is 0.295 e. The lowest BCUT2D eigenvalue weighted by Crippen LogP contribution is -2.30. The summed E-state index contributed by atoms with van der Waals surface area (Å²) in [6.07, 6.45) is 2.76. The largest absolute Gasteiger partial charge is 0.507 e. The van der Waals surface area contributed by atoms with E-state index in [1.807, 2.05) is 26.0 Å². The van der Waals surface area contributed by atoms with Crippen LogP contribution in [-0.4, -0.2) is 41.5 Å². The second-order valence-corrected chi connectivity index (χ2v) is 8.17. The van der Waals surface area contributed by atoms with E-state index < -0.39 is 17.7 Å². The zero-order valence-electron chi connectivity index (χ0n) is 19.1. The maximum atomic E-state index is 13.0. The van der Waals surface area contributed by atoms with Crippen LogP contribution in [0.2, 0.25) is 0 Å². The van der Waals surface area contributed by atoms with Gasteiger partial charge in [0.05, 0.1) is 24.8 Å². The average Bonchev–Trinajstić information content (AvgIpc) is 3.04. The van der Waals surface area contributed by atoms with Crippen LogP contribution in [-0.2, 0) is 9.59 Å². The summed E-state index contributed by atoms with van der Waals surface area (Å²) in [4.78, 5) is 27.6. The Morgan fingerprint density at radius 2 is 1.78 bits per heavy atom. The third-order valence-corrected chi connectivity index (χ3v) is 5.45. The van der Waals surface area contributed by atoms with Crippen molar-refractivity contribution in [2.24, 2.45) is 0 Å². The summed E-state index contributed by atoms with van der Waals surface area (Å²) in [5.41, 5.74) is 1.28. The number of hydrogen-bond acceptors (Lipinski definition) is 5. The Morgan fingerprint density at radius 1 is 1.06 bits per heavy atom. The molecule has 0 spiro atoms. The minimum absolute atomic E-state index is 0.0240. The second kappa shape index (κ2) is 10.4. The van der Waals surface area contributed by atoms with Crippen LogP contribution in [0.15, 0.2) is 54.1 Å². The van der Waals surface area contributed by atoms with Crippen molar-refractivity contribution < 1.29 is 24.2 Å². The molecule has 1 saturated heterocycles. The van der Waals surface area contributed by atoms with Gasteiger partial charge in [-0.25, -0.2) is 0 Å². The molecule has 0 bridgehead atoms. The quantitative estimate of drug-likeness (QED) is 0.256. The fourth-order valence-corrected chi connectivity index (χ4v) is 3.92. The fourth-order valence-electron chi connectivity index (χ4n) is 3.92. The van der Waals surface area contributed by atoms with E-state index in [2.05, 4.69) is 6.92 Å². The number of hydrogen-bond donors (Lipinski definition) is 1. The summed E-state index contributed by atoms with van der Waals surface area (Å²) >= 11 is 0. The normalized spacial score (nSPS) is 17.8. The van der Waals surface area contributed by atoms with Gasteiger partial charge in [0.1, 0.15) is 17.3 Å². The third kappa shape index (κ3) is 4.96. The molecular formula is C26H31NO5. The van der Waals surface area contributed by atoms with Gasteiger partial charge in [0.2, 0.25) is 0 Å². The van der Waals surface area contributed by atoms with Crippen molar-refractivity contribution in [1.29, 1.82) is 0 Å². The SMILES string of the molecule is CCCCCN1C(=O)C(=O)/C(=C(\O)c2ccc(OC(C)C)cc2)C1c1cccc(OC)c1. The van der Waals surface area contributed by atoms with Crippen LogP contribution in [0.25, 0.3) is 5.76 Å². The van der Waals surface area contributed by atoms with Crippen molar-refractivity contribution in [3.63, 3.8) is 0 Å². The molecule has 3 rings (SSSR count). The minimum Gasteiger partial charge on any atom is -0.507 e. The minimum atomic E-state index is -0.673. The van der Waals surface area contributed by atoms with Gasteiger partial charge in [0, 0.05) is 12.1 Å². The van der Waals surface area contributed by atoms with E-state index in [1.165, 1.54) is 0 Å². The molecule has 0 aromatic heterocycles. The lowest BCUT2D eigenvalue weighted by atomic mass is 9.95. The number of nitrogens with zero attached hydrogens (tertiary/aromatic N) is 1. The summed E-state index contributed by atoms with van der Waals surface area (Å²) < 4.78 is 11.0. The Hall–Kier alpha value is -3.28. The first-order valence-corrected chi connectivity index (χ1v) is 11.1. The van der Waals surface area contributed by atoms with Gasteiger partial charge in [-0.3, -0.25) is 9.59 Å². The Morgan fingerprint density at radius 3 is 2.41 bits per heavy atom. The Bertz CT molecular complexity index is 994. The van der Waals surface area contributed by atoms with Gasteiger partial charge in [-0.15, -0.1) is 0 Å². The van der Waals surface area contributed by atoms with Gasteiger partial charge in [-0.05, 0) is 62.2 Å². The summed E-state index contributed by atoms with van der Waals surface area (Å²) in [5, 5.41) is 11.1. The second-order valence-electron chi connectivity index (χ2n) is 8.17. The number of carbonyl (C=O) groups excluding carboxylic acids is 2. The van der Waals surface area contributed by atoms with Crippen LogP contribution in [0.1, 0.15) is 57.2 Å². The van der Waals surface area contributed by atoms with E-state index >= 15 is 0 Å². The number of aliphatic hydroxyl groups excluding tert-OH is 1. The number of amides is 1. The molecule has 1 amide bonds. The molecule has 2 aromatic carbocycles. The highest BCUT2D eigenvalue weighted by Gasteiger charge is 2.45. The molecule has 32 heavy (non-hydrogen) atoms. The number of carbonyl (C=O) groups is 2. The van der Waals surface area contributed by atoms with Crippen LogP contribution in [0.5, 0.6) is 11.5 Å². The maximum absolute atomic E-state index is 13.0. The Kier molecular flexibility index (Phi) is 7.57. The van der Waals surface area contributed by atoms with E-state index in [0.717, 1.165) is 24.8 Å². The Balaban J connectivity index is 2.07. The number of Topliss-reactive ketones (excluding diaryl/α,β-unsaturated/α-hetero) is 1. The lowest BCUT2D eigenvalue weighted by Gasteiger charge is -2.25. The number of unbranched alkanes of at least 4 members (excludes halogenated alkanes) is 2. The van der Waals surface area contributed by atoms with E-state index in [-0.39, 0.29) is 17.4 Å². The molecule has 6 nitrogen and oxygen atoms in total. The van der Waals surface area contributed by atoms with E-state index in [0.29, 0.717) is 23.6 Å². The predicted molar refractivity (Wildman–Crippen MR) is 124 cm³/mol. The van der Waals surface area contributed by atoms with Crippen molar-refractivity contribution in [2.75, 3.05) is 13.7 Å². The summed E-state index contributed by atoms with van der Waals surface area (Å²) in [7, 11) is 1.57. The number of rotatable bonds is 9. The molecule has 0 radical (unpaired) electrons. The molecule has 1 N–H and O–H groups in total. The summed E-state index contributed by atoms with van der Waals surface area (Å²) in [6.45, 7) is 6.39. The molecule has 2 aromatic rings. The summed E-state index contributed by atoms with van der Waals surface area (Å²) in [5.74, 6) is -0.160. The van der Waals surface area contributed by atoms with Crippen molar-refractivity contribution in [2.45, 2.75) is 52.2 Å². The Labute approximate surface area is 189 Å². The molecule has 1 heterocycles. The molecule has 0 saturated carbocycles. The smallest absolute Gasteiger partial charge is 0.295 e. The highest BCUT2D eigenvalue weighted by molar-refractivity contribution is 6.46. The first-order chi connectivity index (χ1) is 15.4. The number of ketones is 1. The van der Waals surface area contributed by atoms with Crippen LogP contribution in [0.4, 0.5) is 0 Å². The fraction of sp³-hybridized carbons (Fsp3) is 0.385. The van der Waals surface area contributed by atoms with Crippen molar-refractivity contribution in [3.05, 3.63) is 65.2 Å². The lowest BCUT2D eigenvalue weighted by molar-refractivity contribution is -0.139. The van der Waals surface area contributed by atoms with E-state index in [4.69, 9.17) is 9.47 Å². The molecule has 1 aliphatic heterocycles. The standard InChI is InChI=1S/C26H31NO5/c1-5-6-7-15-27-23(19-9-8-10-21(16-19)31-4)22(25(29)26(27)30)24(28)18-11-13-20(14-12-18)32-17(2)3/h8-14,16-17,23,28H,5-7,15H2,1-4H3/b24-22-. The summed E-state index contributed by atoms with van der Waals surface area (Å²) in [6, 6.07) is 13.5. The number of likely N-dealkylation sites (tertiary alicyclic amines) is 1. The van der Waals surface area contributed by atoms with Gasteiger partial charge < -0.3 is 19.5 Å². The number of methoxy groups -OCH3 is 1. The van der Waals surface area contributed by atoms with Crippen molar-refractivity contribution in [3.8, 4) is 11.5 Å². The van der Waals surface area contributed by atoms with Crippen LogP contribution in [0, 0.1) is 0 Å². The molecule has 0 aliphatic carbocycles. The number of benzene rings is 2. The van der Waals surface area contributed by atoms with Crippen molar-refractivity contribution in [1.82, 2.24) is 4.90 Å². The van der Waals surface area contributed by atoms with E-state index in [9.17, 15) is 14.7 Å². The van der Waals surface area contributed by atoms with Crippen LogP contribution in [0.3, 0.4) is 0 Å². The van der Waals surface area contributed by atoms with Gasteiger partial charge in [0.25, 0.3) is 11.7 Å². The molecule has 1 aliphatic rings. The molecule has 1 fully saturated rings. The third-order valence-electron chi connectivity index (χ3n) is 5.45. The number of ether oxygens (including phenoxy) is 2.